The molecule has 8 atom stereocenters. The average Bonchev–Trinajstić information content (AvgIpc) is 3.10. The second kappa shape index (κ2) is 10.2. The van der Waals surface area contributed by atoms with Gasteiger partial charge in [-0.3, -0.25) is 0 Å². The zero-order valence-corrected chi connectivity index (χ0v) is 20.1. The summed E-state index contributed by atoms with van der Waals surface area (Å²) in [6.45, 7) is 13.5. The van der Waals surface area contributed by atoms with E-state index in [9.17, 15) is 15.3 Å². The van der Waals surface area contributed by atoms with Gasteiger partial charge in [0.05, 0.1) is 12.2 Å². The predicted octanol–water partition coefficient (Wildman–Crippen LogP) is 5.58. The van der Waals surface area contributed by atoms with Gasteiger partial charge >= 0.3 is 0 Å². The van der Waals surface area contributed by atoms with Crippen LogP contribution in [0.15, 0.2) is 47.6 Å². The SMILES string of the molecule is C=C1/C(=C\C=C2/CCC[C@]3(C)[C@@H]([C@H](C)/C=C/[C@H](C)C(C)CO)CC[C@@H]23)C[C@@H](O)C[C@@H]1O. The van der Waals surface area contributed by atoms with Gasteiger partial charge in [0.2, 0.25) is 0 Å². The Hall–Kier alpha value is -1.16. The molecule has 0 radical (unpaired) electrons. The van der Waals surface area contributed by atoms with E-state index in [-0.39, 0.29) is 6.61 Å². The molecule has 0 heterocycles. The summed E-state index contributed by atoms with van der Waals surface area (Å²) >= 11 is 0. The minimum atomic E-state index is -0.621. The lowest BCUT2D eigenvalue weighted by Gasteiger charge is -2.44. The van der Waals surface area contributed by atoms with E-state index in [1.807, 2.05) is 0 Å². The summed E-state index contributed by atoms with van der Waals surface area (Å²) in [7, 11) is 0. The van der Waals surface area contributed by atoms with Crippen molar-refractivity contribution < 1.29 is 15.3 Å². The van der Waals surface area contributed by atoms with Crippen molar-refractivity contribution in [3.8, 4) is 0 Å². The van der Waals surface area contributed by atoms with Gasteiger partial charge in [0.25, 0.3) is 0 Å². The molecule has 0 aliphatic heterocycles. The predicted molar refractivity (Wildman–Crippen MR) is 128 cm³/mol. The fourth-order valence-corrected chi connectivity index (χ4v) is 6.45. The molecule has 3 aliphatic rings. The molecule has 3 aliphatic carbocycles. The first-order valence-electron chi connectivity index (χ1n) is 12.4. The Labute approximate surface area is 189 Å². The Morgan fingerprint density at radius 1 is 1.13 bits per heavy atom. The van der Waals surface area contributed by atoms with Crippen LogP contribution >= 0.6 is 0 Å². The Balaban J connectivity index is 1.75. The van der Waals surface area contributed by atoms with Crippen LogP contribution in [0.1, 0.15) is 72.6 Å². The van der Waals surface area contributed by atoms with E-state index in [1.54, 1.807) is 5.57 Å². The van der Waals surface area contributed by atoms with E-state index in [0.717, 1.165) is 17.6 Å². The van der Waals surface area contributed by atoms with Crippen molar-refractivity contribution in [1.82, 2.24) is 0 Å². The molecule has 3 fully saturated rings. The molecule has 3 saturated carbocycles. The Kier molecular flexibility index (Phi) is 8.05. The molecule has 31 heavy (non-hydrogen) atoms. The van der Waals surface area contributed by atoms with Crippen LogP contribution in [0.3, 0.4) is 0 Å². The number of aliphatic hydroxyl groups excluding tert-OH is 3. The van der Waals surface area contributed by atoms with Crippen molar-refractivity contribution in [3.05, 3.63) is 47.6 Å². The zero-order valence-electron chi connectivity index (χ0n) is 20.1. The van der Waals surface area contributed by atoms with E-state index in [4.69, 9.17) is 0 Å². The maximum atomic E-state index is 10.1. The van der Waals surface area contributed by atoms with Crippen LogP contribution in [0.25, 0.3) is 0 Å². The van der Waals surface area contributed by atoms with E-state index < -0.39 is 12.2 Å². The van der Waals surface area contributed by atoms with Gasteiger partial charge in [0, 0.05) is 13.0 Å². The third-order valence-corrected chi connectivity index (χ3v) is 8.84. The quantitative estimate of drug-likeness (QED) is 0.484. The molecule has 0 aromatic rings. The van der Waals surface area contributed by atoms with Gasteiger partial charge in [0.1, 0.15) is 0 Å². The second-order valence-corrected chi connectivity index (χ2v) is 10.9. The van der Waals surface area contributed by atoms with Gasteiger partial charge in [-0.25, -0.2) is 0 Å². The number of hydrogen-bond acceptors (Lipinski definition) is 3. The maximum absolute atomic E-state index is 10.1. The van der Waals surface area contributed by atoms with Crippen molar-refractivity contribution in [1.29, 1.82) is 0 Å². The lowest BCUT2D eigenvalue weighted by molar-refractivity contribution is 0.0862. The Morgan fingerprint density at radius 3 is 2.58 bits per heavy atom. The summed E-state index contributed by atoms with van der Waals surface area (Å²) in [5, 5.41) is 29.6. The van der Waals surface area contributed by atoms with Crippen molar-refractivity contribution in [2.75, 3.05) is 6.61 Å². The number of allylic oxidation sites excluding steroid dienone is 5. The summed E-state index contributed by atoms with van der Waals surface area (Å²) in [4.78, 5) is 0. The summed E-state index contributed by atoms with van der Waals surface area (Å²) in [6.07, 6.45) is 15.3. The van der Waals surface area contributed by atoms with E-state index >= 15 is 0 Å². The largest absolute Gasteiger partial charge is 0.396 e. The molecule has 0 aromatic carbocycles. The zero-order chi connectivity index (χ0) is 22.8. The fourth-order valence-electron chi connectivity index (χ4n) is 6.45. The lowest BCUT2D eigenvalue weighted by atomic mass is 9.61. The molecule has 1 unspecified atom stereocenters. The van der Waals surface area contributed by atoms with Gasteiger partial charge in [0.15, 0.2) is 0 Å². The molecule has 174 valence electrons. The summed E-state index contributed by atoms with van der Waals surface area (Å²) in [6, 6.07) is 0. The van der Waals surface area contributed by atoms with Gasteiger partial charge in [-0.15, -0.1) is 0 Å². The molecule has 0 saturated heterocycles. The van der Waals surface area contributed by atoms with Crippen LogP contribution in [-0.4, -0.2) is 34.1 Å². The highest BCUT2D eigenvalue weighted by Crippen LogP contribution is 2.59. The topological polar surface area (TPSA) is 60.7 Å². The molecule has 3 nitrogen and oxygen atoms in total. The standard InChI is InChI=1S/C28H44O3/c1-18(20(3)17-29)8-9-19(2)25-12-13-26-22(7-6-14-28(25,26)5)10-11-23-15-24(30)16-27(31)21(23)4/h8-11,18-20,24-27,29-31H,4,6-7,12-17H2,1-3,5H3/b9-8+,22-10+,23-11-/t18-,19+,20?,24+,25+,26-,27-,28+/m0/s1. The first-order chi connectivity index (χ1) is 14.7. The van der Waals surface area contributed by atoms with Crippen molar-refractivity contribution >= 4 is 0 Å². The van der Waals surface area contributed by atoms with Gasteiger partial charge < -0.3 is 15.3 Å². The van der Waals surface area contributed by atoms with Crippen LogP contribution in [0, 0.1) is 35.0 Å². The molecule has 0 aromatic heterocycles. The molecule has 3 N–H and O–H groups in total. The van der Waals surface area contributed by atoms with Crippen molar-refractivity contribution in [3.63, 3.8) is 0 Å². The minimum Gasteiger partial charge on any atom is -0.396 e. The van der Waals surface area contributed by atoms with Crippen molar-refractivity contribution in [2.24, 2.45) is 35.0 Å². The summed E-state index contributed by atoms with van der Waals surface area (Å²) in [5.74, 6) is 2.57. The summed E-state index contributed by atoms with van der Waals surface area (Å²) in [5.41, 5.74) is 3.66. The van der Waals surface area contributed by atoms with Crippen molar-refractivity contribution in [2.45, 2.75) is 84.8 Å². The molecule has 3 heteroatoms. The minimum absolute atomic E-state index is 0.243. The number of rotatable bonds is 6. The molecule has 0 spiro atoms. The monoisotopic (exact) mass is 428 g/mol. The van der Waals surface area contributed by atoms with Crippen LogP contribution in [0.2, 0.25) is 0 Å². The van der Waals surface area contributed by atoms with Gasteiger partial charge in [-0.1, -0.05) is 64.2 Å². The van der Waals surface area contributed by atoms with Crippen LogP contribution in [0.4, 0.5) is 0 Å². The first kappa shape index (κ1) is 24.5. The molecule has 0 amide bonds. The molecular formula is C28H44O3. The van der Waals surface area contributed by atoms with E-state index in [2.05, 4.69) is 58.6 Å². The number of hydrogen-bond donors (Lipinski definition) is 3. The first-order valence-corrected chi connectivity index (χ1v) is 12.4. The maximum Gasteiger partial charge on any atom is 0.0811 e. The van der Waals surface area contributed by atoms with Crippen LogP contribution in [-0.2, 0) is 0 Å². The number of aliphatic hydroxyl groups is 3. The second-order valence-electron chi connectivity index (χ2n) is 10.9. The third-order valence-electron chi connectivity index (χ3n) is 8.84. The highest BCUT2D eigenvalue weighted by atomic mass is 16.3. The van der Waals surface area contributed by atoms with E-state index in [0.29, 0.717) is 47.8 Å². The molecule has 3 rings (SSSR count). The van der Waals surface area contributed by atoms with Crippen LogP contribution in [0.5, 0.6) is 0 Å². The Morgan fingerprint density at radius 2 is 1.87 bits per heavy atom. The van der Waals surface area contributed by atoms with Gasteiger partial charge in [-0.2, -0.15) is 0 Å². The smallest absolute Gasteiger partial charge is 0.0811 e. The van der Waals surface area contributed by atoms with Crippen LogP contribution < -0.4 is 0 Å². The van der Waals surface area contributed by atoms with E-state index in [1.165, 1.54) is 25.7 Å². The average molecular weight is 429 g/mol. The lowest BCUT2D eigenvalue weighted by Crippen LogP contribution is -2.35. The van der Waals surface area contributed by atoms with Gasteiger partial charge in [-0.05, 0) is 84.7 Å². The normalized spacial score (nSPS) is 39.8. The molecular weight excluding hydrogens is 384 g/mol. The third kappa shape index (κ3) is 5.26. The number of fused-ring (bicyclic) bond motifs is 1. The Bertz CT molecular complexity index is 733. The highest BCUT2D eigenvalue weighted by Gasteiger charge is 2.50. The molecule has 0 bridgehead atoms. The summed E-state index contributed by atoms with van der Waals surface area (Å²) < 4.78 is 0. The highest BCUT2D eigenvalue weighted by molar-refractivity contribution is 5.38. The fraction of sp³-hybridized carbons (Fsp3) is 0.714.